The maximum atomic E-state index is 12.9. The molecule has 5 nitrogen and oxygen atoms in total. The summed E-state index contributed by atoms with van der Waals surface area (Å²) in [6.07, 6.45) is 2.17. The third-order valence-corrected chi connectivity index (χ3v) is 4.55. The van der Waals surface area contributed by atoms with Crippen molar-refractivity contribution in [3.05, 3.63) is 54.6 Å². The molecular weight excluding hydrogens is 328 g/mol. The minimum Gasteiger partial charge on any atom is -0.383 e. The van der Waals surface area contributed by atoms with Gasteiger partial charge in [-0.25, -0.2) is 4.79 Å². The molecule has 1 saturated heterocycles. The highest BCUT2D eigenvalue weighted by Gasteiger charge is 2.23. The quantitative estimate of drug-likeness (QED) is 0.817. The number of benzene rings is 2. The van der Waals surface area contributed by atoms with Gasteiger partial charge in [-0.15, -0.1) is 0 Å². The molecule has 5 heteroatoms. The van der Waals surface area contributed by atoms with E-state index in [1.807, 2.05) is 54.6 Å². The first-order valence-electron chi connectivity index (χ1n) is 9.09. The molecule has 0 radical (unpaired) electrons. The summed E-state index contributed by atoms with van der Waals surface area (Å²) in [5.74, 6) is 0. The van der Waals surface area contributed by atoms with Crippen LogP contribution in [0.3, 0.4) is 0 Å². The molecule has 0 aliphatic carbocycles. The van der Waals surface area contributed by atoms with E-state index in [2.05, 4.69) is 5.32 Å². The van der Waals surface area contributed by atoms with Crippen LogP contribution in [-0.4, -0.2) is 50.4 Å². The van der Waals surface area contributed by atoms with Gasteiger partial charge in [-0.3, -0.25) is 0 Å². The van der Waals surface area contributed by atoms with Gasteiger partial charge in [0.05, 0.1) is 18.4 Å². The van der Waals surface area contributed by atoms with E-state index in [9.17, 15) is 4.79 Å². The molecule has 1 N–H and O–H groups in total. The fourth-order valence-corrected chi connectivity index (χ4v) is 3.17. The van der Waals surface area contributed by atoms with Crippen LogP contribution in [0.25, 0.3) is 11.1 Å². The zero-order chi connectivity index (χ0) is 18.2. The first-order chi connectivity index (χ1) is 12.8. The van der Waals surface area contributed by atoms with Crippen LogP contribution in [0.1, 0.15) is 12.8 Å². The Morgan fingerprint density at radius 3 is 2.69 bits per heavy atom. The topological polar surface area (TPSA) is 50.8 Å². The van der Waals surface area contributed by atoms with Gasteiger partial charge in [-0.05, 0) is 24.5 Å². The lowest BCUT2D eigenvalue weighted by Gasteiger charge is -2.26. The third kappa shape index (κ3) is 4.84. The van der Waals surface area contributed by atoms with Crippen molar-refractivity contribution in [1.29, 1.82) is 0 Å². The maximum Gasteiger partial charge on any atom is 0.322 e. The predicted molar refractivity (Wildman–Crippen MR) is 103 cm³/mol. The molecule has 26 heavy (non-hydrogen) atoms. The lowest BCUT2D eigenvalue weighted by Crippen LogP contribution is -2.42. The van der Waals surface area contributed by atoms with Crippen molar-refractivity contribution in [2.45, 2.75) is 18.9 Å². The maximum absolute atomic E-state index is 12.9. The van der Waals surface area contributed by atoms with Crippen LogP contribution in [0.15, 0.2) is 54.6 Å². The molecule has 0 bridgehead atoms. The summed E-state index contributed by atoms with van der Waals surface area (Å²) < 4.78 is 10.9. The van der Waals surface area contributed by atoms with E-state index in [0.717, 1.165) is 36.3 Å². The zero-order valence-electron chi connectivity index (χ0n) is 15.2. The summed E-state index contributed by atoms with van der Waals surface area (Å²) in [4.78, 5) is 14.7. The zero-order valence-corrected chi connectivity index (χ0v) is 15.2. The SMILES string of the molecule is COCCN(C[C@@H]1CCCO1)C(=O)Nc1ccccc1-c1ccccc1. The van der Waals surface area contributed by atoms with Gasteiger partial charge in [0.1, 0.15) is 0 Å². The Balaban J connectivity index is 1.74. The van der Waals surface area contributed by atoms with Crippen LogP contribution >= 0.6 is 0 Å². The average Bonchev–Trinajstić information content (AvgIpc) is 3.19. The molecule has 0 saturated carbocycles. The van der Waals surface area contributed by atoms with Crippen molar-refractivity contribution in [1.82, 2.24) is 4.90 Å². The number of methoxy groups -OCH3 is 1. The summed E-state index contributed by atoms with van der Waals surface area (Å²) in [7, 11) is 1.65. The third-order valence-electron chi connectivity index (χ3n) is 4.55. The second-order valence-electron chi connectivity index (χ2n) is 6.42. The summed E-state index contributed by atoms with van der Waals surface area (Å²) in [5.41, 5.74) is 2.88. The molecular formula is C21H26N2O3. The number of nitrogens with one attached hydrogen (secondary N) is 1. The van der Waals surface area contributed by atoms with Crippen molar-refractivity contribution >= 4 is 11.7 Å². The van der Waals surface area contributed by atoms with E-state index < -0.39 is 0 Å². The molecule has 1 atom stereocenters. The van der Waals surface area contributed by atoms with E-state index >= 15 is 0 Å². The molecule has 2 amide bonds. The van der Waals surface area contributed by atoms with Crippen molar-refractivity contribution in [3.8, 4) is 11.1 Å². The van der Waals surface area contributed by atoms with Gasteiger partial charge in [-0.2, -0.15) is 0 Å². The lowest BCUT2D eigenvalue weighted by molar-refractivity contribution is 0.0747. The van der Waals surface area contributed by atoms with Crippen LogP contribution in [0.2, 0.25) is 0 Å². The Morgan fingerprint density at radius 2 is 1.96 bits per heavy atom. The van der Waals surface area contributed by atoms with Gasteiger partial charge in [0.2, 0.25) is 0 Å². The number of rotatable bonds is 7. The molecule has 2 aromatic carbocycles. The number of hydrogen-bond donors (Lipinski definition) is 1. The van der Waals surface area contributed by atoms with Crippen molar-refractivity contribution in [3.63, 3.8) is 0 Å². The number of nitrogens with zero attached hydrogens (tertiary/aromatic N) is 1. The van der Waals surface area contributed by atoms with E-state index in [0.29, 0.717) is 19.7 Å². The van der Waals surface area contributed by atoms with Gasteiger partial charge in [0, 0.05) is 32.4 Å². The molecule has 2 aromatic rings. The molecule has 1 heterocycles. The molecule has 1 aliphatic rings. The summed E-state index contributed by atoms with van der Waals surface area (Å²) in [6.45, 7) is 2.40. The highest BCUT2D eigenvalue weighted by atomic mass is 16.5. The van der Waals surface area contributed by atoms with Gasteiger partial charge in [0.25, 0.3) is 0 Å². The molecule has 0 unspecified atom stereocenters. The van der Waals surface area contributed by atoms with E-state index in [1.165, 1.54) is 0 Å². The highest BCUT2D eigenvalue weighted by Crippen LogP contribution is 2.27. The Morgan fingerprint density at radius 1 is 1.19 bits per heavy atom. The summed E-state index contributed by atoms with van der Waals surface area (Å²) >= 11 is 0. The van der Waals surface area contributed by atoms with Crippen LogP contribution < -0.4 is 5.32 Å². The Hall–Kier alpha value is -2.37. The van der Waals surface area contributed by atoms with Crippen LogP contribution in [0.5, 0.6) is 0 Å². The fraction of sp³-hybridized carbons (Fsp3) is 0.381. The van der Waals surface area contributed by atoms with E-state index in [-0.39, 0.29) is 12.1 Å². The van der Waals surface area contributed by atoms with Crippen LogP contribution in [0, 0.1) is 0 Å². The second-order valence-corrected chi connectivity index (χ2v) is 6.42. The van der Waals surface area contributed by atoms with E-state index in [1.54, 1.807) is 12.0 Å². The first kappa shape index (κ1) is 18.4. The normalized spacial score (nSPS) is 16.4. The average molecular weight is 354 g/mol. The van der Waals surface area contributed by atoms with Gasteiger partial charge in [0.15, 0.2) is 0 Å². The predicted octanol–water partition coefficient (Wildman–Crippen LogP) is 4.01. The van der Waals surface area contributed by atoms with Gasteiger partial charge < -0.3 is 19.7 Å². The lowest BCUT2D eigenvalue weighted by atomic mass is 10.0. The number of urea groups is 1. The largest absolute Gasteiger partial charge is 0.383 e. The standard InChI is InChI=1S/C21H26N2O3/c1-25-15-13-23(16-18-10-7-14-26-18)21(24)22-20-12-6-5-11-19(20)17-8-3-2-4-9-17/h2-6,8-9,11-12,18H,7,10,13-16H2,1H3,(H,22,24)/t18-/m0/s1. The van der Waals surface area contributed by atoms with Gasteiger partial charge in [-0.1, -0.05) is 48.5 Å². The molecule has 1 aliphatic heterocycles. The number of para-hydroxylation sites is 1. The van der Waals surface area contributed by atoms with Crippen molar-refractivity contribution < 1.29 is 14.3 Å². The minimum absolute atomic E-state index is 0.113. The fourth-order valence-electron chi connectivity index (χ4n) is 3.17. The Kier molecular flexibility index (Phi) is 6.63. The van der Waals surface area contributed by atoms with Gasteiger partial charge >= 0.3 is 6.03 Å². The molecule has 138 valence electrons. The molecule has 3 rings (SSSR count). The smallest absolute Gasteiger partial charge is 0.322 e. The summed E-state index contributed by atoms with van der Waals surface area (Å²) in [5, 5.41) is 3.07. The minimum atomic E-state index is -0.124. The molecule has 0 aromatic heterocycles. The number of amides is 2. The Bertz CT molecular complexity index is 699. The number of carbonyl (C=O) groups excluding carboxylic acids is 1. The van der Waals surface area contributed by atoms with Crippen molar-refractivity contribution in [2.24, 2.45) is 0 Å². The molecule has 0 spiro atoms. The molecule has 1 fully saturated rings. The van der Waals surface area contributed by atoms with E-state index in [4.69, 9.17) is 9.47 Å². The van der Waals surface area contributed by atoms with Crippen molar-refractivity contribution in [2.75, 3.05) is 38.7 Å². The number of ether oxygens (including phenoxy) is 2. The summed E-state index contributed by atoms with van der Waals surface area (Å²) in [6, 6.07) is 17.8. The van der Waals surface area contributed by atoms with Crippen LogP contribution in [-0.2, 0) is 9.47 Å². The monoisotopic (exact) mass is 354 g/mol. The second kappa shape index (κ2) is 9.36. The van der Waals surface area contributed by atoms with Crippen LogP contribution in [0.4, 0.5) is 10.5 Å². The first-order valence-corrected chi connectivity index (χ1v) is 9.09. The number of anilines is 1. The highest BCUT2D eigenvalue weighted by molar-refractivity contribution is 5.94. The number of hydrogen-bond acceptors (Lipinski definition) is 3. The number of carbonyl (C=O) groups is 1. The Labute approximate surface area is 154 Å².